The first-order valence-corrected chi connectivity index (χ1v) is 9.56. The normalized spacial score (nSPS) is 15.5. The van der Waals surface area contributed by atoms with Crippen LogP contribution in [0.15, 0.2) is 48.5 Å². The average Bonchev–Trinajstić information content (AvgIpc) is 3.08. The Morgan fingerprint density at radius 3 is 2.60 bits per heavy atom. The number of fused-ring (bicyclic) bond motifs is 1. The molecule has 0 radical (unpaired) electrons. The van der Waals surface area contributed by atoms with Gasteiger partial charge in [-0.1, -0.05) is 35.9 Å². The molecule has 0 aliphatic carbocycles. The van der Waals surface area contributed by atoms with Crippen LogP contribution in [0.4, 0.5) is 10.5 Å². The standard InChI is InChI=1S/C19H18ClN3OS/c20-14-5-1-2-6-15(14)22-19(24)23-11-9-13(10-12-23)18-21-16-7-3-4-8-17(16)25-18/h1-8,13H,9-12H2,(H,22,24). The van der Waals surface area contributed by atoms with Crippen LogP contribution in [0, 0.1) is 0 Å². The van der Waals surface area contributed by atoms with E-state index in [0.29, 0.717) is 16.6 Å². The topological polar surface area (TPSA) is 45.2 Å². The molecule has 0 saturated carbocycles. The number of likely N-dealkylation sites (tertiary alicyclic amines) is 1. The number of nitrogens with one attached hydrogen (secondary N) is 1. The summed E-state index contributed by atoms with van der Waals surface area (Å²) in [5, 5.41) is 4.64. The van der Waals surface area contributed by atoms with E-state index in [1.165, 1.54) is 9.71 Å². The fraction of sp³-hybridized carbons (Fsp3) is 0.263. The maximum absolute atomic E-state index is 12.4. The van der Waals surface area contributed by atoms with Crippen molar-refractivity contribution in [1.29, 1.82) is 0 Å². The van der Waals surface area contributed by atoms with Crippen molar-refractivity contribution in [3.63, 3.8) is 0 Å². The van der Waals surface area contributed by atoms with Gasteiger partial charge in [-0.25, -0.2) is 9.78 Å². The molecule has 2 aromatic carbocycles. The van der Waals surface area contributed by atoms with E-state index in [0.717, 1.165) is 31.4 Å². The lowest BCUT2D eigenvalue weighted by atomic mass is 9.98. The molecular weight excluding hydrogens is 354 g/mol. The summed E-state index contributed by atoms with van der Waals surface area (Å²) in [6.45, 7) is 1.47. The Morgan fingerprint density at radius 2 is 1.84 bits per heavy atom. The highest BCUT2D eigenvalue weighted by Crippen LogP contribution is 2.34. The van der Waals surface area contributed by atoms with Crippen molar-refractivity contribution in [2.24, 2.45) is 0 Å². The van der Waals surface area contributed by atoms with Crippen LogP contribution in [0.1, 0.15) is 23.8 Å². The molecule has 0 atom stereocenters. The van der Waals surface area contributed by atoms with Gasteiger partial charge in [0.15, 0.2) is 0 Å². The van der Waals surface area contributed by atoms with Gasteiger partial charge in [0.25, 0.3) is 0 Å². The third-order valence-electron chi connectivity index (χ3n) is 4.56. The molecule has 1 fully saturated rings. The van der Waals surface area contributed by atoms with Crippen LogP contribution in [0.2, 0.25) is 5.02 Å². The van der Waals surface area contributed by atoms with Crippen molar-refractivity contribution in [2.45, 2.75) is 18.8 Å². The second-order valence-corrected chi connectivity index (χ2v) is 7.66. The summed E-state index contributed by atoms with van der Waals surface area (Å²) < 4.78 is 1.23. The first kappa shape index (κ1) is 16.4. The predicted octanol–water partition coefficient (Wildman–Crippen LogP) is 5.36. The van der Waals surface area contributed by atoms with Gasteiger partial charge in [0.1, 0.15) is 0 Å². The van der Waals surface area contributed by atoms with Gasteiger partial charge in [0.05, 0.1) is 25.9 Å². The van der Waals surface area contributed by atoms with Gasteiger partial charge >= 0.3 is 6.03 Å². The Morgan fingerprint density at radius 1 is 1.12 bits per heavy atom. The highest BCUT2D eigenvalue weighted by atomic mass is 35.5. The number of rotatable bonds is 2. The molecule has 25 heavy (non-hydrogen) atoms. The SMILES string of the molecule is O=C(Nc1ccccc1Cl)N1CCC(c2nc3ccccc3s2)CC1. The predicted molar refractivity (Wildman–Crippen MR) is 104 cm³/mol. The van der Waals surface area contributed by atoms with Gasteiger partial charge in [0, 0.05) is 19.0 Å². The molecule has 2 heterocycles. The molecule has 0 unspecified atom stereocenters. The van der Waals surface area contributed by atoms with Crippen molar-refractivity contribution in [3.8, 4) is 0 Å². The van der Waals surface area contributed by atoms with Crippen LogP contribution in [0.5, 0.6) is 0 Å². The average molecular weight is 372 g/mol. The van der Waals surface area contributed by atoms with Gasteiger partial charge in [-0.3, -0.25) is 0 Å². The fourth-order valence-electron chi connectivity index (χ4n) is 3.15. The molecule has 1 aromatic heterocycles. The third-order valence-corrected chi connectivity index (χ3v) is 6.09. The lowest BCUT2D eigenvalue weighted by Crippen LogP contribution is -2.40. The lowest BCUT2D eigenvalue weighted by molar-refractivity contribution is 0.194. The zero-order valence-corrected chi connectivity index (χ0v) is 15.2. The Kier molecular flexibility index (Phi) is 4.59. The summed E-state index contributed by atoms with van der Waals surface area (Å²) in [6, 6.07) is 15.5. The number of aromatic nitrogens is 1. The zero-order chi connectivity index (χ0) is 17.2. The largest absolute Gasteiger partial charge is 0.324 e. The highest BCUT2D eigenvalue weighted by Gasteiger charge is 2.26. The second kappa shape index (κ2) is 7.02. The van der Waals surface area contributed by atoms with E-state index in [1.54, 1.807) is 17.4 Å². The summed E-state index contributed by atoms with van der Waals surface area (Å²) in [5.41, 5.74) is 1.73. The molecule has 0 spiro atoms. The monoisotopic (exact) mass is 371 g/mol. The summed E-state index contributed by atoms with van der Waals surface area (Å²) in [7, 11) is 0. The smallest absolute Gasteiger partial charge is 0.321 e. The van der Waals surface area contributed by atoms with E-state index in [4.69, 9.17) is 16.6 Å². The van der Waals surface area contributed by atoms with E-state index < -0.39 is 0 Å². The maximum atomic E-state index is 12.4. The number of urea groups is 1. The van der Waals surface area contributed by atoms with Gasteiger partial charge < -0.3 is 10.2 Å². The summed E-state index contributed by atoms with van der Waals surface area (Å²) in [6.07, 6.45) is 1.88. The number of carbonyl (C=O) groups is 1. The molecule has 1 aliphatic heterocycles. The molecule has 1 aliphatic rings. The van der Waals surface area contributed by atoms with Gasteiger partial charge in [-0.2, -0.15) is 0 Å². The van der Waals surface area contributed by atoms with Gasteiger partial charge in [-0.05, 0) is 37.1 Å². The molecule has 4 rings (SSSR count). The maximum Gasteiger partial charge on any atom is 0.321 e. The molecule has 3 aromatic rings. The minimum atomic E-state index is -0.0872. The number of carbonyl (C=O) groups excluding carboxylic acids is 1. The Bertz CT molecular complexity index is 869. The van der Waals surface area contributed by atoms with E-state index >= 15 is 0 Å². The van der Waals surface area contributed by atoms with Crippen molar-refractivity contribution in [1.82, 2.24) is 9.88 Å². The third kappa shape index (κ3) is 3.48. The molecule has 2 amide bonds. The summed E-state index contributed by atoms with van der Waals surface area (Å²) in [4.78, 5) is 19.1. The quantitative estimate of drug-likeness (QED) is 0.658. The molecular formula is C19H18ClN3OS. The highest BCUT2D eigenvalue weighted by molar-refractivity contribution is 7.18. The molecule has 6 heteroatoms. The zero-order valence-electron chi connectivity index (χ0n) is 13.6. The van der Waals surface area contributed by atoms with Gasteiger partial charge in [-0.15, -0.1) is 11.3 Å². The number of anilines is 1. The molecule has 1 N–H and O–H groups in total. The van der Waals surface area contributed by atoms with Crippen LogP contribution in [-0.2, 0) is 0 Å². The number of piperidine rings is 1. The molecule has 4 nitrogen and oxygen atoms in total. The number of benzene rings is 2. The Labute approximate surface area is 155 Å². The van der Waals surface area contributed by atoms with E-state index in [2.05, 4.69) is 17.4 Å². The summed E-state index contributed by atoms with van der Waals surface area (Å²) in [5.74, 6) is 0.432. The van der Waals surface area contributed by atoms with Crippen LogP contribution >= 0.6 is 22.9 Å². The molecule has 1 saturated heterocycles. The second-order valence-electron chi connectivity index (χ2n) is 6.19. The van der Waals surface area contributed by atoms with Crippen LogP contribution in [-0.4, -0.2) is 29.0 Å². The van der Waals surface area contributed by atoms with Crippen LogP contribution < -0.4 is 5.32 Å². The van der Waals surface area contributed by atoms with E-state index in [-0.39, 0.29) is 6.03 Å². The number of para-hydroxylation sites is 2. The number of amides is 2. The Hall–Kier alpha value is -2.11. The number of hydrogen-bond acceptors (Lipinski definition) is 3. The minimum Gasteiger partial charge on any atom is -0.324 e. The number of nitrogens with zero attached hydrogens (tertiary/aromatic N) is 2. The van der Waals surface area contributed by atoms with Crippen molar-refractivity contribution in [3.05, 3.63) is 58.6 Å². The summed E-state index contributed by atoms with van der Waals surface area (Å²) >= 11 is 7.88. The molecule has 0 bridgehead atoms. The Balaban J connectivity index is 1.39. The van der Waals surface area contributed by atoms with E-state index in [1.807, 2.05) is 35.2 Å². The van der Waals surface area contributed by atoms with Crippen LogP contribution in [0.25, 0.3) is 10.2 Å². The minimum absolute atomic E-state index is 0.0872. The van der Waals surface area contributed by atoms with Crippen molar-refractivity contribution < 1.29 is 4.79 Å². The first-order chi connectivity index (χ1) is 12.2. The number of halogens is 1. The van der Waals surface area contributed by atoms with E-state index in [9.17, 15) is 4.79 Å². The first-order valence-electron chi connectivity index (χ1n) is 8.36. The number of hydrogen-bond donors (Lipinski definition) is 1. The lowest BCUT2D eigenvalue weighted by Gasteiger charge is -2.31. The number of thiazole rings is 1. The fourth-order valence-corrected chi connectivity index (χ4v) is 4.47. The van der Waals surface area contributed by atoms with Crippen LogP contribution in [0.3, 0.4) is 0 Å². The van der Waals surface area contributed by atoms with Crippen molar-refractivity contribution >= 4 is 44.9 Å². The van der Waals surface area contributed by atoms with Crippen molar-refractivity contribution in [2.75, 3.05) is 18.4 Å². The van der Waals surface area contributed by atoms with Gasteiger partial charge in [0.2, 0.25) is 0 Å². The molecule has 128 valence electrons.